The van der Waals surface area contributed by atoms with Gasteiger partial charge in [0.1, 0.15) is 0 Å². The van der Waals surface area contributed by atoms with Gasteiger partial charge in [-0.1, -0.05) is 29.8 Å². The quantitative estimate of drug-likeness (QED) is 0.446. The molecular weight excluding hydrogens is 429 g/mol. The monoisotopic (exact) mass is 439 g/mol. The fraction of sp³-hybridized carbons (Fsp3) is 0.0625. The summed E-state index contributed by atoms with van der Waals surface area (Å²) in [6.07, 6.45) is 0.0594. The first-order valence-electron chi connectivity index (χ1n) is 6.73. The van der Waals surface area contributed by atoms with Crippen molar-refractivity contribution in [3.8, 4) is 5.88 Å². The average Bonchev–Trinajstić information content (AvgIpc) is 2.82. The van der Waals surface area contributed by atoms with Crippen molar-refractivity contribution in [2.75, 3.05) is 0 Å². The lowest BCUT2D eigenvalue weighted by Crippen LogP contribution is -1.98. The first-order valence-corrected chi connectivity index (χ1v) is 8.18. The zero-order valence-corrected chi connectivity index (χ0v) is 14.7. The Morgan fingerprint density at radius 3 is 2.83 bits per heavy atom. The number of nitrogens with one attached hydrogen (secondary N) is 1. The summed E-state index contributed by atoms with van der Waals surface area (Å²) < 4.78 is 0.993. The highest BCUT2D eigenvalue weighted by Gasteiger charge is 2.12. The Bertz CT molecular complexity index is 921. The molecule has 3 rings (SSSR count). The summed E-state index contributed by atoms with van der Waals surface area (Å²) >= 11 is 8.18. The maximum absolute atomic E-state index is 12.0. The third-order valence-electron chi connectivity index (χ3n) is 3.28. The highest BCUT2D eigenvalue weighted by atomic mass is 127. The van der Waals surface area contributed by atoms with Gasteiger partial charge in [0.2, 0.25) is 5.88 Å². The van der Waals surface area contributed by atoms with Crippen LogP contribution in [-0.2, 0) is 11.2 Å². The number of benzene rings is 2. The van der Waals surface area contributed by atoms with Gasteiger partial charge in [-0.3, -0.25) is 4.79 Å². The van der Waals surface area contributed by atoms with Crippen LogP contribution >= 0.6 is 34.2 Å². The van der Waals surface area contributed by atoms with E-state index in [1.54, 1.807) is 24.3 Å². The lowest BCUT2D eigenvalue weighted by atomic mass is 10.1. The lowest BCUT2D eigenvalue weighted by Gasteiger charge is -1.99. The minimum Gasteiger partial charge on any atom is -0.493 e. The largest absolute Gasteiger partial charge is 0.493 e. The van der Waals surface area contributed by atoms with Crippen LogP contribution in [0.1, 0.15) is 5.56 Å². The number of H-pyrrole nitrogens is 1. The number of halogens is 2. The van der Waals surface area contributed by atoms with Gasteiger partial charge in [0.05, 0.1) is 11.9 Å². The second-order valence-corrected chi connectivity index (χ2v) is 6.53. The number of hydrogen-bond acceptors (Lipinski definition) is 3. The van der Waals surface area contributed by atoms with Gasteiger partial charge >= 0.3 is 0 Å². The highest BCUT2D eigenvalue weighted by molar-refractivity contribution is 14.1. The second-order valence-electron chi connectivity index (χ2n) is 4.87. The smallest absolute Gasteiger partial charge is 0.269 e. The molecule has 23 heavy (non-hydrogen) atoms. The van der Waals surface area contributed by atoms with Crippen molar-refractivity contribution in [3.63, 3.8) is 0 Å². The van der Waals surface area contributed by atoms with E-state index in [-0.39, 0.29) is 18.0 Å². The Labute approximate surface area is 150 Å². The normalized spacial score (nSPS) is 11.4. The summed E-state index contributed by atoms with van der Waals surface area (Å²) in [5.41, 5.74) is 1.68. The zero-order valence-electron chi connectivity index (χ0n) is 11.8. The molecule has 0 atom stereocenters. The van der Waals surface area contributed by atoms with Gasteiger partial charge in [-0.15, -0.1) is 10.2 Å². The Morgan fingerprint density at radius 2 is 2.04 bits per heavy atom. The number of carbonyl (C=O) groups is 1. The van der Waals surface area contributed by atoms with E-state index in [0.29, 0.717) is 16.0 Å². The summed E-state index contributed by atoms with van der Waals surface area (Å²) in [6.45, 7) is 0. The molecule has 1 aromatic heterocycles. The van der Waals surface area contributed by atoms with E-state index in [4.69, 9.17) is 11.6 Å². The van der Waals surface area contributed by atoms with E-state index >= 15 is 0 Å². The number of carbonyl (C=O) groups excluding carboxylic acids is 1. The molecule has 0 saturated heterocycles. The number of rotatable bonds is 3. The maximum Gasteiger partial charge on any atom is 0.269 e. The topological polar surface area (TPSA) is 77.8 Å². The van der Waals surface area contributed by atoms with Gasteiger partial charge in [0, 0.05) is 14.0 Å². The fourth-order valence-corrected chi connectivity index (χ4v) is 2.88. The molecule has 5 nitrogen and oxygen atoms in total. The molecule has 116 valence electrons. The molecule has 0 saturated carbocycles. The van der Waals surface area contributed by atoms with Crippen LogP contribution < -0.4 is 0 Å². The number of nitrogens with zero attached hydrogens (tertiary/aromatic N) is 2. The molecule has 0 unspecified atom stereocenters. The highest BCUT2D eigenvalue weighted by Crippen LogP contribution is 2.36. The van der Waals surface area contributed by atoms with Crippen molar-refractivity contribution in [2.24, 2.45) is 10.2 Å². The number of hydrogen-bond donors (Lipinski definition) is 2. The number of aromatic amines is 1. The van der Waals surface area contributed by atoms with Gasteiger partial charge in [0.15, 0.2) is 5.69 Å². The first-order chi connectivity index (χ1) is 11.0. The number of azo groups is 1. The molecule has 0 radical (unpaired) electrons. The van der Waals surface area contributed by atoms with Gasteiger partial charge in [-0.25, -0.2) is 0 Å². The average molecular weight is 440 g/mol. The molecule has 0 bridgehead atoms. The number of aromatic nitrogens is 1. The summed E-state index contributed by atoms with van der Waals surface area (Å²) in [6, 6.07) is 12.7. The number of aromatic hydroxyl groups is 1. The summed E-state index contributed by atoms with van der Waals surface area (Å²) in [5.74, 6) is -0.547. The standard InChI is InChI=1S/C16H11ClIN3O2/c17-12-4-2-1-3-9(12)7-14(22)20-21-15-11-8-10(18)5-6-13(11)19-16(15)23/h1-6,8,19,23H,7H2. The Morgan fingerprint density at radius 1 is 1.26 bits per heavy atom. The molecule has 1 amide bonds. The minimum atomic E-state index is -0.433. The van der Waals surface area contributed by atoms with Crippen molar-refractivity contribution in [1.82, 2.24) is 4.98 Å². The third kappa shape index (κ3) is 3.53. The van der Waals surface area contributed by atoms with E-state index < -0.39 is 5.91 Å². The van der Waals surface area contributed by atoms with Crippen molar-refractivity contribution < 1.29 is 9.90 Å². The van der Waals surface area contributed by atoms with Crippen LogP contribution in [0, 0.1) is 3.57 Å². The molecule has 7 heteroatoms. The number of amides is 1. The maximum atomic E-state index is 12.0. The number of fused-ring (bicyclic) bond motifs is 1. The Balaban J connectivity index is 1.85. The first kappa shape index (κ1) is 15.9. The van der Waals surface area contributed by atoms with Crippen molar-refractivity contribution in [1.29, 1.82) is 0 Å². The van der Waals surface area contributed by atoms with Crippen molar-refractivity contribution in [2.45, 2.75) is 6.42 Å². The third-order valence-corrected chi connectivity index (χ3v) is 4.31. The molecule has 3 aromatic rings. The molecule has 2 N–H and O–H groups in total. The summed E-state index contributed by atoms with van der Waals surface area (Å²) in [4.78, 5) is 14.8. The van der Waals surface area contributed by atoms with Crippen LogP contribution in [0.4, 0.5) is 5.69 Å². The van der Waals surface area contributed by atoms with E-state index in [2.05, 4.69) is 37.8 Å². The van der Waals surface area contributed by atoms with E-state index in [0.717, 1.165) is 9.09 Å². The fourth-order valence-electron chi connectivity index (χ4n) is 2.18. The van der Waals surface area contributed by atoms with Gasteiger partial charge < -0.3 is 10.1 Å². The molecule has 2 aromatic carbocycles. The molecule has 0 spiro atoms. The van der Waals surface area contributed by atoms with Crippen LogP contribution in [0.15, 0.2) is 52.7 Å². The second kappa shape index (κ2) is 6.67. The van der Waals surface area contributed by atoms with E-state index in [9.17, 15) is 9.90 Å². The van der Waals surface area contributed by atoms with Crippen molar-refractivity contribution >= 4 is 56.7 Å². The van der Waals surface area contributed by atoms with Crippen LogP contribution in [0.25, 0.3) is 10.9 Å². The summed E-state index contributed by atoms with van der Waals surface area (Å²) in [7, 11) is 0. The van der Waals surface area contributed by atoms with Crippen LogP contribution in [0.2, 0.25) is 5.02 Å². The van der Waals surface area contributed by atoms with E-state index in [1.165, 1.54) is 0 Å². The van der Waals surface area contributed by atoms with Gasteiger partial charge in [-0.05, 0) is 52.4 Å². The molecule has 0 fully saturated rings. The molecular formula is C16H11ClIN3O2. The van der Waals surface area contributed by atoms with E-state index in [1.807, 2.05) is 18.2 Å². The van der Waals surface area contributed by atoms with Gasteiger partial charge in [0.25, 0.3) is 5.91 Å². The molecule has 0 aliphatic rings. The molecule has 0 aliphatic carbocycles. The molecule has 0 aliphatic heterocycles. The zero-order chi connectivity index (χ0) is 16.4. The summed E-state index contributed by atoms with van der Waals surface area (Å²) in [5, 5.41) is 18.8. The van der Waals surface area contributed by atoms with Crippen LogP contribution in [-0.4, -0.2) is 16.0 Å². The SMILES string of the molecule is O=C(Cc1ccccc1Cl)N=Nc1c(O)[nH]c2ccc(I)cc12. The Hall–Kier alpha value is -1.93. The van der Waals surface area contributed by atoms with Crippen molar-refractivity contribution in [3.05, 3.63) is 56.6 Å². The predicted molar refractivity (Wildman–Crippen MR) is 97.4 cm³/mol. The minimum absolute atomic E-state index is 0.0594. The lowest BCUT2D eigenvalue weighted by molar-refractivity contribution is -0.117. The predicted octanol–water partition coefficient (Wildman–Crippen LogP) is 4.98. The van der Waals surface area contributed by atoms with Crippen LogP contribution in [0.3, 0.4) is 0 Å². The molecule has 1 heterocycles. The van der Waals surface area contributed by atoms with Crippen LogP contribution in [0.5, 0.6) is 5.88 Å². The Kier molecular flexibility index (Phi) is 4.63. The van der Waals surface area contributed by atoms with Gasteiger partial charge in [-0.2, -0.15) is 0 Å².